The molecule has 0 heterocycles. The normalized spacial score (nSPS) is 11.8. The molecule has 24 heavy (non-hydrogen) atoms. The van der Waals surface area contributed by atoms with Gasteiger partial charge in [-0.25, -0.2) is 0 Å². The van der Waals surface area contributed by atoms with E-state index in [1.807, 2.05) is 30.3 Å². The Morgan fingerprint density at radius 2 is 1.75 bits per heavy atom. The van der Waals surface area contributed by atoms with E-state index in [1.54, 1.807) is 24.3 Å². The lowest BCUT2D eigenvalue weighted by molar-refractivity contribution is -0.124. The average Bonchev–Trinajstić information content (AvgIpc) is 2.58. The molecule has 2 aromatic carbocycles. The summed E-state index contributed by atoms with van der Waals surface area (Å²) >= 11 is 0. The van der Waals surface area contributed by atoms with Gasteiger partial charge in [-0.15, -0.1) is 0 Å². The summed E-state index contributed by atoms with van der Waals surface area (Å²) in [5.41, 5.74) is 1.64. The second kappa shape index (κ2) is 8.29. The molecule has 0 saturated heterocycles. The molecule has 0 aliphatic rings. The second-order valence-electron chi connectivity index (χ2n) is 6.07. The molecule has 0 saturated carbocycles. The van der Waals surface area contributed by atoms with Crippen LogP contribution in [0.2, 0.25) is 0 Å². The molecule has 1 N–H and O–H groups in total. The molecule has 1 amide bonds. The molecule has 0 aromatic heterocycles. The average molecular weight is 325 g/mol. The summed E-state index contributed by atoms with van der Waals surface area (Å²) in [5, 5.41) is 3.01. The highest BCUT2D eigenvalue weighted by Crippen LogP contribution is 2.21. The van der Waals surface area contributed by atoms with Crippen molar-refractivity contribution >= 4 is 11.7 Å². The van der Waals surface area contributed by atoms with Crippen LogP contribution in [0, 0.1) is 5.92 Å². The van der Waals surface area contributed by atoms with E-state index in [-0.39, 0.29) is 30.3 Å². The van der Waals surface area contributed by atoms with Crippen LogP contribution in [0.5, 0.6) is 5.75 Å². The maximum atomic E-state index is 12.2. The predicted molar refractivity (Wildman–Crippen MR) is 94.1 cm³/mol. The van der Waals surface area contributed by atoms with Crippen molar-refractivity contribution in [3.05, 3.63) is 65.7 Å². The summed E-state index contributed by atoms with van der Waals surface area (Å²) in [6.45, 7) is 5.54. The van der Waals surface area contributed by atoms with Crippen LogP contribution in [0.1, 0.15) is 42.7 Å². The maximum absolute atomic E-state index is 12.2. The lowest BCUT2D eigenvalue weighted by Gasteiger charge is -2.23. The largest absolute Gasteiger partial charge is 0.484 e. The highest BCUT2D eigenvalue weighted by molar-refractivity contribution is 5.94. The predicted octanol–water partition coefficient (Wildman–Crippen LogP) is 3.78. The number of Topliss-reactive ketones (excluding diaryl/α,β-unsaturated/α-hetero) is 1. The lowest BCUT2D eigenvalue weighted by Crippen LogP contribution is -2.35. The van der Waals surface area contributed by atoms with Gasteiger partial charge in [0, 0.05) is 5.56 Å². The topological polar surface area (TPSA) is 55.4 Å². The van der Waals surface area contributed by atoms with Crippen LogP contribution in [0.15, 0.2) is 54.6 Å². The summed E-state index contributed by atoms with van der Waals surface area (Å²) in [5.74, 6) is 0.552. The van der Waals surface area contributed by atoms with Crippen LogP contribution in [0.25, 0.3) is 0 Å². The second-order valence-corrected chi connectivity index (χ2v) is 6.07. The Kier molecular flexibility index (Phi) is 6.13. The standard InChI is InChI=1S/C20H23NO3/c1-14(2)20(16-8-5-4-6-9-16)21-19(23)13-24-18-11-7-10-17(12-18)15(3)22/h4-12,14,20H,13H2,1-3H3,(H,21,23)/t20-/m1/s1. The minimum atomic E-state index is -0.189. The molecule has 0 fully saturated rings. The monoisotopic (exact) mass is 325 g/mol. The van der Waals surface area contributed by atoms with Crippen LogP contribution in [0.4, 0.5) is 0 Å². The van der Waals surface area contributed by atoms with Gasteiger partial charge in [0.05, 0.1) is 6.04 Å². The fourth-order valence-electron chi connectivity index (χ4n) is 2.46. The number of hydrogen-bond acceptors (Lipinski definition) is 3. The zero-order valence-corrected chi connectivity index (χ0v) is 14.3. The van der Waals surface area contributed by atoms with E-state index < -0.39 is 0 Å². The molecule has 4 nitrogen and oxygen atoms in total. The Bertz CT molecular complexity index is 695. The van der Waals surface area contributed by atoms with E-state index in [1.165, 1.54) is 6.92 Å². The van der Waals surface area contributed by atoms with Gasteiger partial charge in [0.15, 0.2) is 12.4 Å². The highest BCUT2D eigenvalue weighted by atomic mass is 16.5. The Balaban J connectivity index is 1.97. The molecule has 2 aromatic rings. The fourth-order valence-corrected chi connectivity index (χ4v) is 2.46. The number of ether oxygens (including phenoxy) is 1. The van der Waals surface area contributed by atoms with Crippen LogP contribution in [0.3, 0.4) is 0 Å². The highest BCUT2D eigenvalue weighted by Gasteiger charge is 2.18. The van der Waals surface area contributed by atoms with Crippen molar-refractivity contribution in [2.45, 2.75) is 26.8 Å². The van der Waals surface area contributed by atoms with Gasteiger partial charge in [0.25, 0.3) is 5.91 Å². The smallest absolute Gasteiger partial charge is 0.258 e. The van der Waals surface area contributed by atoms with Gasteiger partial charge >= 0.3 is 0 Å². The van der Waals surface area contributed by atoms with Gasteiger partial charge in [-0.05, 0) is 30.5 Å². The molecule has 1 atom stereocenters. The van der Waals surface area contributed by atoms with E-state index in [0.717, 1.165) is 5.56 Å². The van der Waals surface area contributed by atoms with Crippen molar-refractivity contribution in [1.82, 2.24) is 5.32 Å². The quantitative estimate of drug-likeness (QED) is 0.788. The van der Waals surface area contributed by atoms with Crippen LogP contribution >= 0.6 is 0 Å². The van der Waals surface area contributed by atoms with Crippen molar-refractivity contribution in [2.75, 3.05) is 6.61 Å². The number of carbonyl (C=O) groups is 2. The van der Waals surface area contributed by atoms with Crippen LogP contribution < -0.4 is 10.1 Å². The van der Waals surface area contributed by atoms with E-state index in [4.69, 9.17) is 4.74 Å². The molecule has 0 radical (unpaired) electrons. The Morgan fingerprint density at radius 3 is 2.38 bits per heavy atom. The minimum absolute atomic E-state index is 0.0335. The summed E-state index contributed by atoms with van der Waals surface area (Å²) in [4.78, 5) is 23.6. The third-order valence-corrected chi connectivity index (χ3v) is 3.75. The summed E-state index contributed by atoms with van der Waals surface area (Å²) in [6, 6.07) is 16.7. The molecule has 0 aliphatic heterocycles. The fraction of sp³-hybridized carbons (Fsp3) is 0.300. The van der Waals surface area contributed by atoms with Crippen LogP contribution in [-0.2, 0) is 4.79 Å². The molecular weight excluding hydrogens is 302 g/mol. The first-order chi connectivity index (χ1) is 11.5. The first-order valence-electron chi connectivity index (χ1n) is 8.05. The molecule has 0 bridgehead atoms. The Morgan fingerprint density at radius 1 is 1.04 bits per heavy atom. The summed E-state index contributed by atoms with van der Waals surface area (Å²) in [6.07, 6.45) is 0. The van der Waals surface area contributed by atoms with Gasteiger partial charge in [0.2, 0.25) is 0 Å². The van der Waals surface area contributed by atoms with Crippen molar-refractivity contribution < 1.29 is 14.3 Å². The molecule has 0 unspecified atom stereocenters. The molecule has 0 aliphatic carbocycles. The zero-order valence-electron chi connectivity index (χ0n) is 14.3. The number of carbonyl (C=O) groups excluding carboxylic acids is 2. The number of amides is 1. The molecule has 0 spiro atoms. The lowest BCUT2D eigenvalue weighted by atomic mass is 9.96. The van der Waals surface area contributed by atoms with Crippen molar-refractivity contribution in [1.29, 1.82) is 0 Å². The first kappa shape index (κ1) is 17.7. The van der Waals surface area contributed by atoms with E-state index >= 15 is 0 Å². The molecule has 126 valence electrons. The van der Waals surface area contributed by atoms with Gasteiger partial charge in [-0.3, -0.25) is 9.59 Å². The van der Waals surface area contributed by atoms with E-state index in [9.17, 15) is 9.59 Å². The van der Waals surface area contributed by atoms with Gasteiger partial charge in [-0.2, -0.15) is 0 Å². The number of benzene rings is 2. The minimum Gasteiger partial charge on any atom is -0.484 e. The van der Waals surface area contributed by atoms with Crippen molar-refractivity contribution in [2.24, 2.45) is 5.92 Å². The summed E-state index contributed by atoms with van der Waals surface area (Å²) in [7, 11) is 0. The van der Waals surface area contributed by atoms with Gasteiger partial charge in [-0.1, -0.05) is 56.3 Å². The van der Waals surface area contributed by atoms with Gasteiger partial charge < -0.3 is 10.1 Å². The number of ketones is 1. The van der Waals surface area contributed by atoms with Crippen molar-refractivity contribution in [3.63, 3.8) is 0 Å². The molecule has 4 heteroatoms. The third-order valence-electron chi connectivity index (χ3n) is 3.75. The zero-order chi connectivity index (χ0) is 17.5. The van der Waals surface area contributed by atoms with Crippen LogP contribution in [-0.4, -0.2) is 18.3 Å². The number of rotatable bonds is 7. The SMILES string of the molecule is CC(=O)c1cccc(OCC(=O)N[C@@H](c2ccccc2)C(C)C)c1. The van der Waals surface area contributed by atoms with E-state index in [0.29, 0.717) is 11.3 Å². The van der Waals surface area contributed by atoms with Crippen molar-refractivity contribution in [3.8, 4) is 5.75 Å². The molecular formula is C20H23NO3. The maximum Gasteiger partial charge on any atom is 0.258 e. The third kappa shape index (κ3) is 4.95. The van der Waals surface area contributed by atoms with E-state index in [2.05, 4.69) is 19.2 Å². The summed E-state index contributed by atoms with van der Waals surface area (Å²) < 4.78 is 5.51. The Labute approximate surface area is 142 Å². The van der Waals surface area contributed by atoms with Gasteiger partial charge in [0.1, 0.15) is 5.75 Å². The number of hydrogen-bond donors (Lipinski definition) is 1. The Hall–Kier alpha value is -2.62. The molecule has 2 rings (SSSR count). The first-order valence-corrected chi connectivity index (χ1v) is 8.05. The number of nitrogens with one attached hydrogen (secondary N) is 1.